The third-order valence-electron chi connectivity index (χ3n) is 5.71. The van der Waals surface area contributed by atoms with Crippen molar-refractivity contribution in [1.29, 1.82) is 0 Å². The number of amides is 1. The number of fused-ring (bicyclic) bond motifs is 3. The molecule has 6 nitrogen and oxygen atoms in total. The Labute approximate surface area is 190 Å². The standard InChI is InChI=1S/C26H22FNO5/c27-23-12-6-1-7-16(23)13-17(29)14-24(25(30)31)28-26(32)33-15-22-20-10-4-2-8-18(20)19-9-3-5-11-21(19)22/h1-12,22,24H,13-15H2,(H,28,32)(H,30,31). The molecule has 1 aliphatic carbocycles. The van der Waals surface area contributed by atoms with E-state index in [1.165, 1.54) is 18.2 Å². The average molecular weight is 447 g/mol. The number of ketones is 1. The second-order valence-electron chi connectivity index (χ2n) is 7.87. The van der Waals surface area contributed by atoms with E-state index in [0.717, 1.165) is 22.3 Å². The number of aliphatic carboxylic acids is 1. The van der Waals surface area contributed by atoms with Gasteiger partial charge in [0.1, 0.15) is 24.2 Å². The molecule has 33 heavy (non-hydrogen) atoms. The molecular weight excluding hydrogens is 425 g/mol. The quantitative estimate of drug-likeness (QED) is 0.537. The van der Waals surface area contributed by atoms with Crippen molar-refractivity contribution >= 4 is 17.8 Å². The number of Topliss-reactive ketones (excluding diaryl/α,β-unsaturated/α-hetero) is 1. The van der Waals surface area contributed by atoms with Gasteiger partial charge in [-0.05, 0) is 33.9 Å². The molecule has 1 atom stereocenters. The van der Waals surface area contributed by atoms with E-state index in [-0.39, 0.29) is 24.5 Å². The highest BCUT2D eigenvalue weighted by Gasteiger charge is 2.30. The highest BCUT2D eigenvalue weighted by atomic mass is 19.1. The number of carboxylic acids is 1. The van der Waals surface area contributed by atoms with E-state index in [9.17, 15) is 23.9 Å². The molecule has 7 heteroatoms. The molecule has 1 amide bonds. The molecule has 1 unspecified atom stereocenters. The number of nitrogens with one attached hydrogen (secondary N) is 1. The van der Waals surface area contributed by atoms with E-state index in [4.69, 9.17) is 4.74 Å². The Kier molecular flexibility index (Phi) is 6.49. The third-order valence-corrected chi connectivity index (χ3v) is 5.71. The summed E-state index contributed by atoms with van der Waals surface area (Å²) in [7, 11) is 0. The number of carbonyl (C=O) groups excluding carboxylic acids is 2. The maximum atomic E-state index is 13.8. The van der Waals surface area contributed by atoms with Crippen LogP contribution in [0.2, 0.25) is 0 Å². The Morgan fingerprint density at radius 1 is 0.909 bits per heavy atom. The van der Waals surface area contributed by atoms with E-state index < -0.39 is 36.1 Å². The number of halogens is 1. The molecule has 0 heterocycles. The minimum atomic E-state index is -1.47. The Morgan fingerprint density at radius 3 is 2.09 bits per heavy atom. The number of benzene rings is 3. The first-order valence-electron chi connectivity index (χ1n) is 10.5. The smallest absolute Gasteiger partial charge is 0.407 e. The van der Waals surface area contributed by atoms with Crippen LogP contribution in [0.4, 0.5) is 9.18 Å². The number of carboxylic acid groups (broad SMARTS) is 1. The van der Waals surface area contributed by atoms with E-state index in [2.05, 4.69) is 5.32 Å². The van der Waals surface area contributed by atoms with Gasteiger partial charge in [-0.1, -0.05) is 66.7 Å². The first kappa shape index (κ1) is 22.2. The number of ether oxygens (including phenoxy) is 1. The topological polar surface area (TPSA) is 92.7 Å². The highest BCUT2D eigenvalue weighted by Crippen LogP contribution is 2.44. The predicted octanol–water partition coefficient (Wildman–Crippen LogP) is 4.32. The molecule has 2 N–H and O–H groups in total. The molecule has 168 valence electrons. The van der Waals surface area contributed by atoms with Crippen LogP contribution in [0.5, 0.6) is 0 Å². The summed E-state index contributed by atoms with van der Waals surface area (Å²) < 4.78 is 19.1. The van der Waals surface area contributed by atoms with Crippen LogP contribution in [0, 0.1) is 5.82 Å². The predicted molar refractivity (Wildman–Crippen MR) is 119 cm³/mol. The van der Waals surface area contributed by atoms with Gasteiger partial charge in [-0.3, -0.25) is 4.79 Å². The minimum absolute atomic E-state index is 0.0232. The summed E-state index contributed by atoms with van der Waals surface area (Å²) in [6.45, 7) is 0.0232. The largest absolute Gasteiger partial charge is 0.480 e. The zero-order chi connectivity index (χ0) is 23.4. The molecule has 0 aliphatic heterocycles. The van der Waals surface area contributed by atoms with Crippen LogP contribution in [-0.4, -0.2) is 35.6 Å². The fraction of sp³-hybridized carbons (Fsp3) is 0.192. The van der Waals surface area contributed by atoms with Gasteiger partial charge < -0.3 is 15.2 Å². The van der Waals surface area contributed by atoms with Gasteiger partial charge in [0.25, 0.3) is 0 Å². The maximum absolute atomic E-state index is 13.8. The first-order valence-corrected chi connectivity index (χ1v) is 10.5. The Balaban J connectivity index is 1.38. The maximum Gasteiger partial charge on any atom is 0.407 e. The lowest BCUT2D eigenvalue weighted by atomic mass is 9.98. The van der Waals surface area contributed by atoms with Gasteiger partial charge in [-0.15, -0.1) is 0 Å². The van der Waals surface area contributed by atoms with Crippen LogP contribution in [0.25, 0.3) is 11.1 Å². The summed E-state index contributed by atoms with van der Waals surface area (Å²) in [6, 6.07) is 20.0. The highest BCUT2D eigenvalue weighted by molar-refractivity contribution is 5.89. The fourth-order valence-corrected chi connectivity index (χ4v) is 4.14. The molecule has 0 saturated heterocycles. The molecule has 0 fully saturated rings. The summed E-state index contributed by atoms with van der Waals surface area (Å²) in [5, 5.41) is 11.7. The summed E-state index contributed by atoms with van der Waals surface area (Å²) in [5.41, 5.74) is 4.38. The van der Waals surface area contributed by atoms with Crippen molar-refractivity contribution in [3.63, 3.8) is 0 Å². The van der Waals surface area contributed by atoms with Gasteiger partial charge in [0, 0.05) is 18.8 Å². The number of alkyl carbamates (subject to hydrolysis) is 1. The third kappa shape index (κ3) is 4.92. The normalized spacial score (nSPS) is 13.0. The van der Waals surface area contributed by atoms with E-state index in [1.54, 1.807) is 6.07 Å². The molecular formula is C26H22FNO5. The molecule has 0 radical (unpaired) electrons. The van der Waals surface area contributed by atoms with Gasteiger partial charge in [0.15, 0.2) is 0 Å². The number of hydrogen-bond donors (Lipinski definition) is 2. The van der Waals surface area contributed by atoms with E-state index in [0.29, 0.717) is 0 Å². The SMILES string of the molecule is O=C(Cc1ccccc1F)CC(NC(=O)OCC1c2ccccc2-c2ccccc21)C(=O)O. The number of hydrogen-bond acceptors (Lipinski definition) is 4. The average Bonchev–Trinajstić information content (AvgIpc) is 3.12. The summed E-state index contributed by atoms with van der Waals surface area (Å²) >= 11 is 0. The molecule has 1 aliphatic rings. The van der Waals surface area contributed by atoms with Gasteiger partial charge >= 0.3 is 12.1 Å². The molecule has 0 spiro atoms. The lowest BCUT2D eigenvalue weighted by molar-refractivity contribution is -0.141. The first-order chi connectivity index (χ1) is 15.9. The molecule has 3 aromatic rings. The van der Waals surface area contributed by atoms with Gasteiger partial charge in [0.05, 0.1) is 0 Å². The van der Waals surface area contributed by atoms with Gasteiger partial charge in [-0.2, -0.15) is 0 Å². The molecule has 3 aromatic carbocycles. The summed E-state index contributed by atoms with van der Waals surface area (Å²) in [6.07, 6.45) is -1.67. The zero-order valence-corrected chi connectivity index (χ0v) is 17.7. The summed E-state index contributed by atoms with van der Waals surface area (Å²) in [5.74, 6) is -2.59. The van der Waals surface area contributed by atoms with Crippen molar-refractivity contribution in [3.8, 4) is 11.1 Å². The van der Waals surface area contributed by atoms with E-state index in [1.807, 2.05) is 48.5 Å². The summed E-state index contributed by atoms with van der Waals surface area (Å²) in [4.78, 5) is 36.2. The lowest BCUT2D eigenvalue weighted by Crippen LogP contribution is -2.43. The van der Waals surface area contributed by atoms with Crippen LogP contribution in [0.1, 0.15) is 29.0 Å². The van der Waals surface area contributed by atoms with Crippen molar-refractivity contribution < 1.29 is 28.6 Å². The zero-order valence-electron chi connectivity index (χ0n) is 17.7. The number of rotatable bonds is 8. The van der Waals surface area contributed by atoms with Crippen LogP contribution in [0.3, 0.4) is 0 Å². The molecule has 0 aromatic heterocycles. The van der Waals surface area contributed by atoms with Crippen LogP contribution < -0.4 is 5.32 Å². The Morgan fingerprint density at radius 2 is 1.48 bits per heavy atom. The fourth-order valence-electron chi connectivity index (χ4n) is 4.14. The van der Waals surface area contributed by atoms with Crippen molar-refractivity contribution in [3.05, 3.63) is 95.3 Å². The minimum Gasteiger partial charge on any atom is -0.480 e. The molecule has 4 rings (SSSR count). The molecule has 0 bridgehead atoms. The van der Waals surface area contributed by atoms with Crippen molar-refractivity contribution in [2.45, 2.75) is 24.8 Å². The van der Waals surface area contributed by atoms with Crippen molar-refractivity contribution in [2.24, 2.45) is 0 Å². The van der Waals surface area contributed by atoms with Gasteiger partial charge in [0.2, 0.25) is 0 Å². The van der Waals surface area contributed by atoms with Crippen LogP contribution >= 0.6 is 0 Å². The van der Waals surface area contributed by atoms with Crippen molar-refractivity contribution in [2.75, 3.05) is 6.61 Å². The van der Waals surface area contributed by atoms with Crippen LogP contribution in [0.15, 0.2) is 72.8 Å². The van der Waals surface area contributed by atoms with E-state index >= 15 is 0 Å². The van der Waals surface area contributed by atoms with Gasteiger partial charge in [-0.25, -0.2) is 14.0 Å². The monoisotopic (exact) mass is 447 g/mol. The Hall–Kier alpha value is -4.00. The van der Waals surface area contributed by atoms with Crippen LogP contribution in [-0.2, 0) is 20.7 Å². The van der Waals surface area contributed by atoms with Crippen molar-refractivity contribution in [1.82, 2.24) is 5.32 Å². The number of carbonyl (C=O) groups is 3. The second kappa shape index (κ2) is 9.65. The lowest BCUT2D eigenvalue weighted by Gasteiger charge is -2.17. The Bertz CT molecular complexity index is 1160. The second-order valence-corrected chi connectivity index (χ2v) is 7.87. The molecule has 0 saturated carbocycles.